The zero-order valence-electron chi connectivity index (χ0n) is 14.0. The van der Waals surface area contributed by atoms with E-state index in [1.165, 1.54) is 0 Å². The van der Waals surface area contributed by atoms with Gasteiger partial charge < -0.3 is 9.47 Å². The lowest BCUT2D eigenvalue weighted by Gasteiger charge is -2.14. The zero-order chi connectivity index (χ0) is 17.2. The molecule has 25 heavy (non-hydrogen) atoms. The van der Waals surface area contributed by atoms with Crippen LogP contribution in [0.2, 0.25) is 0 Å². The summed E-state index contributed by atoms with van der Waals surface area (Å²) >= 11 is 0. The molecule has 0 saturated carbocycles. The second kappa shape index (κ2) is 6.44. The third-order valence-electron chi connectivity index (χ3n) is 4.52. The molecule has 4 rings (SSSR count). The van der Waals surface area contributed by atoms with E-state index < -0.39 is 0 Å². The first kappa shape index (κ1) is 15.5. The Morgan fingerprint density at radius 3 is 2.24 bits per heavy atom. The van der Waals surface area contributed by atoms with E-state index >= 15 is 0 Å². The Hall–Kier alpha value is -3.07. The van der Waals surface area contributed by atoms with Gasteiger partial charge in [0.15, 0.2) is 5.78 Å². The highest BCUT2D eigenvalue weighted by Crippen LogP contribution is 2.40. The summed E-state index contributed by atoms with van der Waals surface area (Å²) in [6.45, 7) is 0. The molecule has 0 N–H and O–H groups in total. The molecule has 3 heteroatoms. The average Bonchev–Trinajstić information content (AvgIpc) is 3.04. The molecule has 0 bridgehead atoms. The van der Waals surface area contributed by atoms with Crippen LogP contribution < -0.4 is 9.47 Å². The zero-order valence-corrected chi connectivity index (χ0v) is 14.0. The van der Waals surface area contributed by atoms with Crippen molar-refractivity contribution in [2.24, 2.45) is 0 Å². The van der Waals surface area contributed by atoms with Crippen molar-refractivity contribution in [1.29, 1.82) is 0 Å². The van der Waals surface area contributed by atoms with Crippen LogP contribution in [0.4, 0.5) is 0 Å². The Labute approximate surface area is 146 Å². The first-order valence-corrected chi connectivity index (χ1v) is 8.32. The number of ether oxygens (including phenoxy) is 2. The molecule has 124 valence electrons. The first-order valence-electron chi connectivity index (χ1n) is 8.32. The number of rotatable bonds is 4. The topological polar surface area (TPSA) is 35.5 Å². The second-order valence-corrected chi connectivity index (χ2v) is 6.03. The first-order chi connectivity index (χ1) is 12.3. The van der Waals surface area contributed by atoms with E-state index in [4.69, 9.17) is 9.47 Å². The number of fused-ring (bicyclic) bond motifs is 1. The van der Waals surface area contributed by atoms with Gasteiger partial charge in [0.2, 0.25) is 0 Å². The summed E-state index contributed by atoms with van der Waals surface area (Å²) in [5.41, 5.74) is 3.95. The van der Waals surface area contributed by atoms with Gasteiger partial charge in [-0.25, -0.2) is 0 Å². The summed E-state index contributed by atoms with van der Waals surface area (Å²) in [4.78, 5) is 12.0. The summed E-state index contributed by atoms with van der Waals surface area (Å²) in [5.74, 6) is 2.59. The number of benzene rings is 3. The Balaban J connectivity index is 1.70. The highest BCUT2D eigenvalue weighted by Gasteiger charge is 2.25. The Morgan fingerprint density at radius 1 is 0.800 bits per heavy atom. The predicted octanol–water partition coefficient (Wildman–Crippen LogP) is 5.28. The number of ketones is 1. The van der Waals surface area contributed by atoms with E-state index in [-0.39, 0.29) is 5.78 Å². The van der Waals surface area contributed by atoms with E-state index in [0.717, 1.165) is 45.9 Å². The lowest BCUT2D eigenvalue weighted by atomic mass is 9.95. The lowest BCUT2D eigenvalue weighted by molar-refractivity contribution is 0.0994. The Kier molecular flexibility index (Phi) is 3.98. The molecule has 0 heterocycles. The molecule has 1 aliphatic rings. The van der Waals surface area contributed by atoms with Crippen LogP contribution >= 0.6 is 0 Å². The van der Waals surface area contributed by atoms with Crippen molar-refractivity contribution in [2.75, 3.05) is 7.11 Å². The fourth-order valence-electron chi connectivity index (χ4n) is 3.32. The summed E-state index contributed by atoms with van der Waals surface area (Å²) in [6, 6.07) is 21.4. The van der Waals surface area contributed by atoms with Gasteiger partial charge in [-0.1, -0.05) is 30.3 Å². The van der Waals surface area contributed by atoms with Crippen molar-refractivity contribution >= 4 is 5.78 Å². The fraction of sp³-hybridized carbons (Fsp3) is 0.136. The van der Waals surface area contributed by atoms with Gasteiger partial charge in [-0.15, -0.1) is 0 Å². The molecule has 3 aromatic rings. The molecule has 0 radical (unpaired) electrons. The van der Waals surface area contributed by atoms with Crippen molar-refractivity contribution in [3.8, 4) is 28.4 Å². The van der Waals surface area contributed by atoms with Crippen molar-refractivity contribution < 1.29 is 14.3 Å². The van der Waals surface area contributed by atoms with Gasteiger partial charge in [-0.3, -0.25) is 4.79 Å². The molecule has 3 aromatic carbocycles. The van der Waals surface area contributed by atoms with Gasteiger partial charge in [-0.2, -0.15) is 0 Å². The number of Topliss-reactive ketones (excluding diaryl/α,β-unsaturated/α-hetero) is 1. The van der Waals surface area contributed by atoms with Crippen LogP contribution in [0.1, 0.15) is 22.3 Å². The number of para-hydroxylation sites is 1. The minimum atomic E-state index is 0.211. The Morgan fingerprint density at radius 2 is 1.52 bits per heavy atom. The SMILES string of the molecule is COc1ccc2c(c1-c1ccc(Oc3ccccc3)cc1)CCC2=O. The molecule has 0 aromatic heterocycles. The molecule has 0 amide bonds. The molecule has 0 saturated heterocycles. The van der Waals surface area contributed by atoms with Crippen molar-refractivity contribution in [3.63, 3.8) is 0 Å². The van der Waals surface area contributed by atoms with Crippen molar-refractivity contribution in [1.82, 2.24) is 0 Å². The van der Waals surface area contributed by atoms with E-state index in [2.05, 4.69) is 0 Å². The van der Waals surface area contributed by atoms with Crippen LogP contribution in [0.5, 0.6) is 17.2 Å². The minimum absolute atomic E-state index is 0.211. The molecule has 0 unspecified atom stereocenters. The van der Waals surface area contributed by atoms with Gasteiger partial charge in [0.05, 0.1) is 7.11 Å². The maximum Gasteiger partial charge on any atom is 0.163 e. The number of carbonyl (C=O) groups is 1. The number of methoxy groups -OCH3 is 1. The van der Waals surface area contributed by atoms with Gasteiger partial charge in [-0.05, 0) is 53.9 Å². The molecule has 3 nitrogen and oxygen atoms in total. The summed E-state index contributed by atoms with van der Waals surface area (Å²) in [6.07, 6.45) is 1.34. The van der Waals surface area contributed by atoms with E-state index in [0.29, 0.717) is 6.42 Å². The highest BCUT2D eigenvalue weighted by atomic mass is 16.5. The summed E-state index contributed by atoms with van der Waals surface area (Å²) < 4.78 is 11.4. The largest absolute Gasteiger partial charge is 0.496 e. The normalized spacial score (nSPS) is 12.8. The molecular weight excluding hydrogens is 312 g/mol. The second-order valence-electron chi connectivity index (χ2n) is 6.03. The summed E-state index contributed by atoms with van der Waals surface area (Å²) in [7, 11) is 1.66. The monoisotopic (exact) mass is 330 g/mol. The van der Waals surface area contributed by atoms with E-state index in [1.807, 2.05) is 66.7 Å². The predicted molar refractivity (Wildman–Crippen MR) is 97.6 cm³/mol. The highest BCUT2D eigenvalue weighted by molar-refractivity contribution is 6.03. The fourth-order valence-corrected chi connectivity index (χ4v) is 3.32. The van der Waals surface area contributed by atoms with Crippen LogP contribution in [0.25, 0.3) is 11.1 Å². The van der Waals surface area contributed by atoms with E-state index in [9.17, 15) is 4.79 Å². The minimum Gasteiger partial charge on any atom is -0.496 e. The smallest absolute Gasteiger partial charge is 0.163 e. The lowest BCUT2D eigenvalue weighted by Crippen LogP contribution is -1.96. The van der Waals surface area contributed by atoms with Gasteiger partial charge in [0.25, 0.3) is 0 Å². The molecular formula is C22H18O3. The maximum absolute atomic E-state index is 12.0. The van der Waals surface area contributed by atoms with E-state index in [1.54, 1.807) is 7.11 Å². The number of hydrogen-bond donors (Lipinski definition) is 0. The molecule has 0 spiro atoms. The van der Waals surface area contributed by atoms with Gasteiger partial charge >= 0.3 is 0 Å². The molecule has 0 fully saturated rings. The van der Waals surface area contributed by atoms with Gasteiger partial charge in [0, 0.05) is 17.5 Å². The van der Waals surface area contributed by atoms with Crippen LogP contribution in [-0.2, 0) is 6.42 Å². The third-order valence-corrected chi connectivity index (χ3v) is 4.52. The molecule has 0 aliphatic heterocycles. The van der Waals surface area contributed by atoms with Crippen LogP contribution in [0.3, 0.4) is 0 Å². The standard InChI is InChI=1S/C22H18O3/c1-24-21-14-12-18-19(11-13-20(18)23)22(21)15-7-9-17(10-8-15)25-16-5-3-2-4-6-16/h2-10,12,14H,11,13H2,1H3. The maximum atomic E-state index is 12.0. The van der Waals surface area contributed by atoms with Crippen molar-refractivity contribution in [2.45, 2.75) is 12.8 Å². The van der Waals surface area contributed by atoms with Gasteiger partial charge in [0.1, 0.15) is 17.2 Å². The van der Waals surface area contributed by atoms with Crippen LogP contribution in [-0.4, -0.2) is 12.9 Å². The average molecular weight is 330 g/mol. The molecule has 0 atom stereocenters. The Bertz CT molecular complexity index is 912. The molecule has 1 aliphatic carbocycles. The number of hydrogen-bond acceptors (Lipinski definition) is 3. The quantitative estimate of drug-likeness (QED) is 0.652. The summed E-state index contributed by atoms with van der Waals surface area (Å²) in [5, 5.41) is 0. The van der Waals surface area contributed by atoms with Crippen LogP contribution in [0.15, 0.2) is 66.7 Å². The van der Waals surface area contributed by atoms with Crippen molar-refractivity contribution in [3.05, 3.63) is 77.9 Å². The number of carbonyl (C=O) groups excluding carboxylic acids is 1. The van der Waals surface area contributed by atoms with Crippen LogP contribution in [0, 0.1) is 0 Å². The third kappa shape index (κ3) is 2.89.